The minimum absolute atomic E-state index is 0.0405. The first-order chi connectivity index (χ1) is 7.65. The highest BCUT2D eigenvalue weighted by molar-refractivity contribution is 8.01. The summed E-state index contributed by atoms with van der Waals surface area (Å²) in [5.74, 6) is -0.0586. The molecule has 0 aromatic carbocycles. The lowest BCUT2D eigenvalue weighted by atomic mass is 9.99. The van der Waals surface area contributed by atoms with Crippen LogP contribution in [0.5, 0.6) is 0 Å². The number of carbonyl (C=O) groups is 1. The standard InChI is InChI=1S/C11H19NO3S/c1-2-3-8-6-11(4-5-15-8)12-9(7-16-11)10(13)14/h8-9,12H,2-7H2,1H3,(H,13,14)/t8?,9-,11?/m0/s1. The zero-order valence-electron chi connectivity index (χ0n) is 9.57. The number of rotatable bonds is 3. The molecule has 0 bridgehead atoms. The Balaban J connectivity index is 1.95. The van der Waals surface area contributed by atoms with Crippen molar-refractivity contribution in [1.29, 1.82) is 0 Å². The van der Waals surface area contributed by atoms with Crippen molar-refractivity contribution in [2.24, 2.45) is 0 Å². The minimum atomic E-state index is -0.733. The van der Waals surface area contributed by atoms with Crippen molar-refractivity contribution in [3.05, 3.63) is 0 Å². The van der Waals surface area contributed by atoms with E-state index in [0.29, 0.717) is 11.9 Å². The number of ether oxygens (including phenoxy) is 1. The summed E-state index contributed by atoms with van der Waals surface area (Å²) in [6, 6.07) is -0.384. The van der Waals surface area contributed by atoms with E-state index in [1.54, 1.807) is 11.8 Å². The molecule has 2 heterocycles. The summed E-state index contributed by atoms with van der Waals surface area (Å²) in [5.41, 5.74) is 0. The molecule has 0 aliphatic carbocycles. The van der Waals surface area contributed by atoms with Gasteiger partial charge in [0.05, 0.1) is 11.0 Å². The van der Waals surface area contributed by atoms with E-state index in [-0.39, 0.29) is 10.9 Å². The normalized spacial score (nSPS) is 39.1. The highest BCUT2D eigenvalue weighted by atomic mass is 32.2. The molecule has 16 heavy (non-hydrogen) atoms. The monoisotopic (exact) mass is 245 g/mol. The second kappa shape index (κ2) is 4.94. The van der Waals surface area contributed by atoms with E-state index in [4.69, 9.17) is 9.84 Å². The van der Waals surface area contributed by atoms with Crippen molar-refractivity contribution < 1.29 is 14.6 Å². The van der Waals surface area contributed by atoms with Crippen LogP contribution in [0.25, 0.3) is 0 Å². The van der Waals surface area contributed by atoms with Crippen molar-refractivity contribution in [2.75, 3.05) is 12.4 Å². The van der Waals surface area contributed by atoms with Gasteiger partial charge in [0.2, 0.25) is 0 Å². The zero-order valence-corrected chi connectivity index (χ0v) is 10.4. The van der Waals surface area contributed by atoms with E-state index in [0.717, 1.165) is 32.3 Å². The Kier molecular flexibility index (Phi) is 3.77. The molecule has 0 amide bonds. The van der Waals surface area contributed by atoms with E-state index in [2.05, 4.69) is 12.2 Å². The van der Waals surface area contributed by atoms with Gasteiger partial charge in [-0.1, -0.05) is 13.3 Å². The third kappa shape index (κ3) is 2.52. The van der Waals surface area contributed by atoms with E-state index in [9.17, 15) is 4.79 Å². The van der Waals surface area contributed by atoms with Gasteiger partial charge in [-0.3, -0.25) is 10.1 Å². The van der Waals surface area contributed by atoms with Gasteiger partial charge in [0, 0.05) is 18.8 Å². The lowest BCUT2D eigenvalue weighted by Crippen LogP contribution is -2.50. The zero-order chi connectivity index (χ0) is 11.6. The summed E-state index contributed by atoms with van der Waals surface area (Å²) in [6.07, 6.45) is 4.35. The average molecular weight is 245 g/mol. The quantitative estimate of drug-likeness (QED) is 0.788. The maximum Gasteiger partial charge on any atom is 0.321 e. The molecule has 2 aliphatic rings. The lowest BCUT2D eigenvalue weighted by Gasteiger charge is -2.37. The van der Waals surface area contributed by atoms with Crippen molar-refractivity contribution >= 4 is 17.7 Å². The van der Waals surface area contributed by atoms with Crippen molar-refractivity contribution in [1.82, 2.24) is 5.32 Å². The second-order valence-corrected chi connectivity index (χ2v) is 5.98. The van der Waals surface area contributed by atoms with Crippen molar-refractivity contribution in [3.8, 4) is 0 Å². The summed E-state index contributed by atoms with van der Waals surface area (Å²) in [5, 5.41) is 12.3. The van der Waals surface area contributed by atoms with Gasteiger partial charge in [-0.2, -0.15) is 0 Å². The van der Waals surface area contributed by atoms with Gasteiger partial charge >= 0.3 is 5.97 Å². The average Bonchev–Trinajstić information content (AvgIpc) is 2.63. The Morgan fingerprint density at radius 2 is 2.50 bits per heavy atom. The summed E-state index contributed by atoms with van der Waals surface area (Å²) >= 11 is 1.76. The first-order valence-corrected chi connectivity index (χ1v) is 6.90. The van der Waals surface area contributed by atoms with Gasteiger partial charge in [-0.25, -0.2) is 0 Å². The molecule has 0 saturated carbocycles. The number of nitrogens with one attached hydrogen (secondary N) is 1. The number of hydrogen-bond acceptors (Lipinski definition) is 4. The van der Waals surface area contributed by atoms with E-state index < -0.39 is 5.97 Å². The van der Waals surface area contributed by atoms with Gasteiger partial charge in [0.15, 0.2) is 0 Å². The van der Waals surface area contributed by atoms with Crippen LogP contribution in [0.3, 0.4) is 0 Å². The Morgan fingerprint density at radius 1 is 1.69 bits per heavy atom. The summed E-state index contributed by atoms with van der Waals surface area (Å²) < 4.78 is 5.70. The van der Waals surface area contributed by atoms with Crippen LogP contribution in [0.4, 0.5) is 0 Å². The minimum Gasteiger partial charge on any atom is -0.480 e. The number of carboxylic acid groups (broad SMARTS) is 1. The summed E-state index contributed by atoms with van der Waals surface area (Å²) in [7, 11) is 0. The largest absolute Gasteiger partial charge is 0.480 e. The highest BCUT2D eigenvalue weighted by Gasteiger charge is 2.45. The van der Waals surface area contributed by atoms with Crippen molar-refractivity contribution in [3.63, 3.8) is 0 Å². The van der Waals surface area contributed by atoms with Crippen molar-refractivity contribution in [2.45, 2.75) is 49.6 Å². The third-order valence-electron chi connectivity index (χ3n) is 3.29. The molecular formula is C11H19NO3S. The van der Waals surface area contributed by atoms with Crippen LogP contribution in [0.15, 0.2) is 0 Å². The summed E-state index contributed by atoms with van der Waals surface area (Å²) in [4.78, 5) is 10.9. The molecule has 0 aromatic heterocycles. The molecule has 2 aliphatic heterocycles. The third-order valence-corrected chi connectivity index (χ3v) is 4.83. The van der Waals surface area contributed by atoms with E-state index in [1.165, 1.54) is 0 Å². The van der Waals surface area contributed by atoms with Crippen LogP contribution >= 0.6 is 11.8 Å². The smallest absolute Gasteiger partial charge is 0.321 e. The van der Waals surface area contributed by atoms with E-state index >= 15 is 0 Å². The summed E-state index contributed by atoms with van der Waals surface area (Å²) in [6.45, 7) is 2.90. The number of hydrogen-bond donors (Lipinski definition) is 2. The Bertz CT molecular complexity index is 272. The molecule has 2 fully saturated rings. The van der Waals surface area contributed by atoms with Crippen LogP contribution in [-0.4, -0.2) is 40.5 Å². The number of aliphatic carboxylic acids is 1. The Labute approximate surface area is 100 Å². The molecule has 0 aromatic rings. The SMILES string of the molecule is CCCC1CC2(CCO1)N[C@H](C(=O)O)CS2. The van der Waals surface area contributed by atoms with Gasteiger partial charge in [-0.05, 0) is 12.8 Å². The molecule has 3 atom stereocenters. The maximum atomic E-state index is 10.9. The molecule has 2 rings (SSSR count). The first kappa shape index (κ1) is 12.2. The molecule has 1 spiro atoms. The van der Waals surface area contributed by atoms with Crippen LogP contribution < -0.4 is 5.32 Å². The highest BCUT2D eigenvalue weighted by Crippen LogP contribution is 2.41. The molecule has 2 saturated heterocycles. The molecular weight excluding hydrogens is 226 g/mol. The van der Waals surface area contributed by atoms with Crippen LogP contribution in [0, 0.1) is 0 Å². The number of thioether (sulfide) groups is 1. The molecule has 0 radical (unpaired) electrons. The fraction of sp³-hybridized carbons (Fsp3) is 0.909. The Morgan fingerprint density at radius 3 is 3.12 bits per heavy atom. The molecule has 2 N–H and O–H groups in total. The fourth-order valence-electron chi connectivity index (χ4n) is 2.47. The van der Waals surface area contributed by atoms with Crippen LogP contribution in [0.2, 0.25) is 0 Å². The topological polar surface area (TPSA) is 58.6 Å². The molecule has 5 heteroatoms. The first-order valence-electron chi connectivity index (χ1n) is 5.91. The predicted octanol–water partition coefficient (Wildman–Crippen LogP) is 1.45. The van der Waals surface area contributed by atoms with Gasteiger partial charge in [0.25, 0.3) is 0 Å². The molecule has 92 valence electrons. The Hall–Kier alpha value is -0.260. The molecule has 4 nitrogen and oxygen atoms in total. The van der Waals surface area contributed by atoms with Crippen LogP contribution in [0.1, 0.15) is 32.6 Å². The fourth-order valence-corrected chi connectivity index (χ4v) is 3.93. The lowest BCUT2D eigenvalue weighted by molar-refractivity contribution is -0.139. The molecule has 2 unspecified atom stereocenters. The number of carboxylic acids is 1. The van der Waals surface area contributed by atoms with Gasteiger partial charge in [0.1, 0.15) is 6.04 Å². The predicted molar refractivity (Wildman–Crippen MR) is 63.6 cm³/mol. The van der Waals surface area contributed by atoms with Gasteiger partial charge in [-0.15, -0.1) is 11.8 Å². The second-order valence-electron chi connectivity index (χ2n) is 4.58. The van der Waals surface area contributed by atoms with Gasteiger partial charge < -0.3 is 9.84 Å². The maximum absolute atomic E-state index is 10.9. The van der Waals surface area contributed by atoms with Crippen LogP contribution in [-0.2, 0) is 9.53 Å². The van der Waals surface area contributed by atoms with E-state index in [1.807, 2.05) is 0 Å².